The predicted molar refractivity (Wildman–Crippen MR) is 72.3 cm³/mol. The highest BCUT2D eigenvalue weighted by molar-refractivity contribution is 8.00. The number of nitrogens with one attached hydrogen (secondary N) is 1. The standard InChI is InChI=1S/C9H10N2S2.C2H6/c1-10-6-3-4-8-7(5-6)11-9(12-2)13-8;1-2/h3-5,10H,1-2H3;1-2H3. The van der Waals surface area contributed by atoms with Crippen molar-refractivity contribution in [3.05, 3.63) is 18.2 Å². The second kappa shape index (κ2) is 5.98. The molecular formula is C11H16N2S2. The predicted octanol–water partition coefficient (Wildman–Crippen LogP) is 4.09. The van der Waals surface area contributed by atoms with Gasteiger partial charge in [-0.2, -0.15) is 0 Å². The van der Waals surface area contributed by atoms with Gasteiger partial charge in [0.15, 0.2) is 4.34 Å². The SMILES string of the molecule is CC.CNc1ccc2sc(SC)nc2c1. The highest BCUT2D eigenvalue weighted by Crippen LogP contribution is 2.29. The van der Waals surface area contributed by atoms with Gasteiger partial charge in [0.05, 0.1) is 10.2 Å². The van der Waals surface area contributed by atoms with Crippen molar-refractivity contribution in [3.63, 3.8) is 0 Å². The van der Waals surface area contributed by atoms with Gasteiger partial charge in [-0.15, -0.1) is 11.3 Å². The van der Waals surface area contributed by atoms with Gasteiger partial charge in [-0.1, -0.05) is 25.6 Å². The molecule has 2 aromatic rings. The molecule has 1 N–H and O–H groups in total. The number of benzene rings is 1. The quantitative estimate of drug-likeness (QED) is 0.800. The summed E-state index contributed by atoms with van der Waals surface area (Å²) >= 11 is 3.44. The molecule has 0 fully saturated rings. The number of thiazole rings is 1. The third-order valence-corrected chi connectivity index (χ3v) is 3.85. The summed E-state index contributed by atoms with van der Waals surface area (Å²) in [4.78, 5) is 4.48. The lowest BCUT2D eigenvalue weighted by atomic mass is 10.3. The lowest BCUT2D eigenvalue weighted by Crippen LogP contribution is -1.85. The number of nitrogens with zero attached hydrogens (tertiary/aromatic N) is 1. The van der Waals surface area contributed by atoms with Crippen LogP contribution in [0.15, 0.2) is 22.5 Å². The van der Waals surface area contributed by atoms with Crippen molar-refractivity contribution >= 4 is 39.0 Å². The van der Waals surface area contributed by atoms with E-state index >= 15 is 0 Å². The van der Waals surface area contributed by atoms with Gasteiger partial charge in [0.25, 0.3) is 0 Å². The van der Waals surface area contributed by atoms with Gasteiger partial charge >= 0.3 is 0 Å². The first-order chi connectivity index (χ1) is 7.33. The molecule has 0 amide bonds. The fourth-order valence-corrected chi connectivity index (χ4v) is 2.62. The number of anilines is 1. The van der Waals surface area contributed by atoms with Crippen LogP contribution in [0.1, 0.15) is 13.8 Å². The first kappa shape index (κ1) is 12.3. The molecule has 4 heteroatoms. The van der Waals surface area contributed by atoms with E-state index in [1.165, 1.54) is 4.70 Å². The van der Waals surface area contributed by atoms with Crippen LogP contribution in [0.5, 0.6) is 0 Å². The molecule has 0 saturated carbocycles. The van der Waals surface area contributed by atoms with E-state index in [9.17, 15) is 0 Å². The zero-order valence-corrected chi connectivity index (χ0v) is 11.1. The van der Waals surface area contributed by atoms with Crippen molar-refractivity contribution in [2.75, 3.05) is 18.6 Å². The minimum atomic E-state index is 1.08. The number of fused-ring (bicyclic) bond motifs is 1. The second-order valence-electron chi connectivity index (χ2n) is 2.62. The first-order valence-corrected chi connectivity index (χ1v) is 7.00. The molecule has 0 radical (unpaired) electrons. The Morgan fingerprint density at radius 1 is 1.33 bits per heavy atom. The summed E-state index contributed by atoms with van der Waals surface area (Å²) in [5, 5.41) is 3.10. The minimum absolute atomic E-state index is 1.08. The summed E-state index contributed by atoms with van der Waals surface area (Å²) in [5.41, 5.74) is 2.20. The minimum Gasteiger partial charge on any atom is -0.388 e. The van der Waals surface area contributed by atoms with Gasteiger partial charge in [-0.3, -0.25) is 0 Å². The molecule has 1 heterocycles. The van der Waals surface area contributed by atoms with Crippen LogP contribution in [0, 0.1) is 0 Å². The van der Waals surface area contributed by atoms with Crippen molar-refractivity contribution in [2.45, 2.75) is 18.2 Å². The zero-order valence-electron chi connectivity index (χ0n) is 9.50. The Kier molecular flexibility index (Phi) is 4.91. The average molecular weight is 240 g/mol. The van der Waals surface area contributed by atoms with E-state index in [0.29, 0.717) is 0 Å². The molecule has 0 aliphatic carbocycles. The topological polar surface area (TPSA) is 24.9 Å². The number of rotatable bonds is 2. The Balaban J connectivity index is 0.000000531. The van der Waals surface area contributed by atoms with E-state index in [2.05, 4.69) is 34.8 Å². The fourth-order valence-electron chi connectivity index (χ4n) is 1.15. The highest BCUT2D eigenvalue weighted by atomic mass is 32.2. The monoisotopic (exact) mass is 240 g/mol. The second-order valence-corrected chi connectivity index (χ2v) is 4.70. The molecule has 0 unspecified atom stereocenters. The maximum Gasteiger partial charge on any atom is 0.150 e. The Hall–Kier alpha value is -0.740. The molecule has 1 aromatic heterocycles. The highest BCUT2D eigenvalue weighted by Gasteiger charge is 2.02. The van der Waals surface area contributed by atoms with E-state index in [0.717, 1.165) is 15.5 Å². The Bertz CT molecular complexity index is 421. The summed E-state index contributed by atoms with van der Waals surface area (Å²) in [7, 11) is 1.92. The normalized spacial score (nSPS) is 9.60. The Morgan fingerprint density at radius 3 is 2.67 bits per heavy atom. The van der Waals surface area contributed by atoms with E-state index in [1.807, 2.05) is 20.9 Å². The smallest absolute Gasteiger partial charge is 0.150 e. The fraction of sp³-hybridized carbons (Fsp3) is 0.364. The molecule has 0 aliphatic rings. The number of hydrogen-bond acceptors (Lipinski definition) is 4. The van der Waals surface area contributed by atoms with Gasteiger partial charge < -0.3 is 5.32 Å². The van der Waals surface area contributed by atoms with Crippen molar-refractivity contribution in [3.8, 4) is 0 Å². The van der Waals surface area contributed by atoms with Crippen molar-refractivity contribution in [1.82, 2.24) is 4.98 Å². The molecule has 0 saturated heterocycles. The zero-order chi connectivity index (χ0) is 11.3. The molecular weight excluding hydrogens is 224 g/mol. The van der Waals surface area contributed by atoms with Crippen LogP contribution in [0.3, 0.4) is 0 Å². The number of aromatic nitrogens is 1. The maximum absolute atomic E-state index is 4.48. The van der Waals surface area contributed by atoms with E-state index in [1.54, 1.807) is 23.1 Å². The molecule has 0 atom stereocenters. The van der Waals surface area contributed by atoms with Crippen LogP contribution in [-0.2, 0) is 0 Å². The molecule has 0 aliphatic heterocycles. The van der Waals surface area contributed by atoms with Gasteiger partial charge in [0, 0.05) is 12.7 Å². The average Bonchev–Trinajstić information content (AvgIpc) is 2.73. The van der Waals surface area contributed by atoms with E-state index in [4.69, 9.17) is 0 Å². The summed E-state index contributed by atoms with van der Waals surface area (Å²) in [6, 6.07) is 6.26. The third-order valence-electron chi connectivity index (χ3n) is 1.83. The summed E-state index contributed by atoms with van der Waals surface area (Å²) in [5.74, 6) is 0. The number of hydrogen-bond donors (Lipinski definition) is 1. The summed E-state index contributed by atoms with van der Waals surface area (Å²) in [6.07, 6.45) is 2.05. The summed E-state index contributed by atoms with van der Waals surface area (Å²) < 4.78 is 2.38. The Labute approximate surface area is 99.1 Å². The lowest BCUT2D eigenvalue weighted by Gasteiger charge is -1.96. The molecule has 82 valence electrons. The van der Waals surface area contributed by atoms with Crippen molar-refractivity contribution < 1.29 is 0 Å². The van der Waals surface area contributed by atoms with Gasteiger partial charge in [0.2, 0.25) is 0 Å². The van der Waals surface area contributed by atoms with Gasteiger partial charge in [-0.05, 0) is 24.5 Å². The van der Waals surface area contributed by atoms with Crippen LogP contribution in [0.4, 0.5) is 5.69 Å². The lowest BCUT2D eigenvalue weighted by molar-refractivity contribution is 1.31. The molecule has 0 bridgehead atoms. The number of thioether (sulfide) groups is 1. The Morgan fingerprint density at radius 2 is 2.07 bits per heavy atom. The van der Waals surface area contributed by atoms with Crippen LogP contribution >= 0.6 is 23.1 Å². The van der Waals surface area contributed by atoms with Crippen LogP contribution in [0.2, 0.25) is 0 Å². The molecule has 1 aromatic carbocycles. The summed E-state index contributed by atoms with van der Waals surface area (Å²) in [6.45, 7) is 4.00. The largest absolute Gasteiger partial charge is 0.388 e. The first-order valence-electron chi connectivity index (χ1n) is 4.96. The van der Waals surface area contributed by atoms with Crippen molar-refractivity contribution in [2.24, 2.45) is 0 Å². The van der Waals surface area contributed by atoms with E-state index in [-0.39, 0.29) is 0 Å². The van der Waals surface area contributed by atoms with Gasteiger partial charge in [-0.25, -0.2) is 4.98 Å². The van der Waals surface area contributed by atoms with Crippen LogP contribution in [0.25, 0.3) is 10.2 Å². The van der Waals surface area contributed by atoms with Crippen molar-refractivity contribution in [1.29, 1.82) is 0 Å². The molecule has 2 nitrogen and oxygen atoms in total. The third kappa shape index (κ3) is 2.86. The van der Waals surface area contributed by atoms with Gasteiger partial charge in [0.1, 0.15) is 0 Å². The molecule has 2 rings (SSSR count). The molecule has 0 spiro atoms. The van der Waals surface area contributed by atoms with Crippen LogP contribution in [-0.4, -0.2) is 18.3 Å². The molecule has 15 heavy (non-hydrogen) atoms. The maximum atomic E-state index is 4.48. The van der Waals surface area contributed by atoms with E-state index < -0.39 is 0 Å². The van der Waals surface area contributed by atoms with Crippen LogP contribution < -0.4 is 5.32 Å².